The molecule has 152 valence electrons. The topological polar surface area (TPSA) is 65.5 Å². The molecular weight excluding hydrogens is 357 g/mol. The zero-order valence-corrected chi connectivity index (χ0v) is 16.1. The second-order valence-corrected chi connectivity index (χ2v) is 6.28. The summed E-state index contributed by atoms with van der Waals surface area (Å²) >= 11 is 0. The Morgan fingerprint density at radius 1 is 1.15 bits per heavy atom. The zero-order chi connectivity index (χ0) is 20.3. The van der Waals surface area contributed by atoms with Gasteiger partial charge in [-0.05, 0) is 37.3 Å². The van der Waals surface area contributed by atoms with Gasteiger partial charge in [0.1, 0.15) is 6.54 Å². The van der Waals surface area contributed by atoms with Crippen molar-refractivity contribution in [2.24, 2.45) is 4.99 Å². The van der Waals surface area contributed by atoms with Crippen molar-refractivity contribution in [1.29, 1.82) is 0 Å². The quantitative estimate of drug-likeness (QED) is 0.451. The molecule has 3 N–H and O–H groups in total. The Labute approximate surface area is 158 Å². The van der Waals surface area contributed by atoms with E-state index in [1.807, 2.05) is 20.8 Å². The van der Waals surface area contributed by atoms with Gasteiger partial charge in [0.05, 0.1) is 5.56 Å². The predicted molar refractivity (Wildman–Crippen MR) is 102 cm³/mol. The first kappa shape index (κ1) is 22.8. The number of aliphatic imine (C=N–C) groups is 1. The van der Waals surface area contributed by atoms with Crippen LogP contribution in [-0.2, 0) is 11.0 Å². The average molecular weight is 386 g/mol. The summed E-state index contributed by atoms with van der Waals surface area (Å²) in [6.45, 7) is 7.59. The van der Waals surface area contributed by atoms with Crippen molar-refractivity contribution in [1.82, 2.24) is 16.0 Å². The Kier molecular flexibility index (Phi) is 9.67. The Morgan fingerprint density at radius 2 is 1.89 bits per heavy atom. The summed E-state index contributed by atoms with van der Waals surface area (Å²) in [6, 6.07) is 5.41. The molecule has 1 unspecified atom stereocenters. The largest absolute Gasteiger partial charge is 0.416 e. The molecule has 27 heavy (non-hydrogen) atoms. The molecule has 0 aliphatic carbocycles. The minimum Gasteiger partial charge on any atom is -0.357 e. The first-order chi connectivity index (χ1) is 12.8. The van der Waals surface area contributed by atoms with Crippen LogP contribution in [0.3, 0.4) is 0 Å². The third kappa shape index (κ3) is 8.79. The van der Waals surface area contributed by atoms with Crippen molar-refractivity contribution in [2.75, 3.05) is 26.2 Å². The third-order valence-corrected chi connectivity index (χ3v) is 3.95. The molecule has 5 nitrogen and oxygen atoms in total. The normalized spacial score (nSPS) is 13.2. The first-order valence-electron chi connectivity index (χ1n) is 9.23. The minimum atomic E-state index is -4.34. The SMILES string of the molecule is CCCNC(=O)CN=C(NCC)NCCC(C)c1cccc(C(F)(F)F)c1. The van der Waals surface area contributed by atoms with Gasteiger partial charge in [-0.15, -0.1) is 0 Å². The molecule has 0 saturated carbocycles. The number of halogens is 3. The van der Waals surface area contributed by atoms with E-state index in [1.54, 1.807) is 6.07 Å². The van der Waals surface area contributed by atoms with E-state index < -0.39 is 11.7 Å². The van der Waals surface area contributed by atoms with Crippen LogP contribution >= 0.6 is 0 Å². The van der Waals surface area contributed by atoms with Crippen LogP contribution in [0.1, 0.15) is 50.7 Å². The molecule has 1 amide bonds. The molecule has 0 bridgehead atoms. The molecule has 1 aromatic carbocycles. The van der Waals surface area contributed by atoms with Crippen LogP contribution in [0.4, 0.5) is 13.2 Å². The monoisotopic (exact) mass is 386 g/mol. The van der Waals surface area contributed by atoms with Gasteiger partial charge < -0.3 is 16.0 Å². The molecule has 1 aromatic rings. The highest BCUT2D eigenvalue weighted by Crippen LogP contribution is 2.31. The molecular formula is C19H29F3N4O. The number of benzene rings is 1. The van der Waals surface area contributed by atoms with E-state index in [0.29, 0.717) is 37.6 Å². The predicted octanol–water partition coefficient (Wildman–Crippen LogP) is 3.28. The van der Waals surface area contributed by atoms with Gasteiger partial charge in [-0.2, -0.15) is 13.2 Å². The van der Waals surface area contributed by atoms with Gasteiger partial charge in [-0.3, -0.25) is 4.79 Å². The smallest absolute Gasteiger partial charge is 0.357 e. The van der Waals surface area contributed by atoms with E-state index in [4.69, 9.17) is 0 Å². The first-order valence-corrected chi connectivity index (χ1v) is 9.23. The maximum absolute atomic E-state index is 12.8. The highest BCUT2D eigenvalue weighted by Gasteiger charge is 2.30. The van der Waals surface area contributed by atoms with Crippen LogP contribution in [-0.4, -0.2) is 38.0 Å². The Hall–Kier alpha value is -2.25. The Morgan fingerprint density at radius 3 is 2.52 bits per heavy atom. The average Bonchev–Trinajstić information content (AvgIpc) is 2.63. The number of alkyl halides is 3. The lowest BCUT2D eigenvalue weighted by atomic mass is 9.96. The standard InChI is InChI=1S/C19H29F3N4O/c1-4-10-24-17(27)13-26-18(23-5-2)25-11-9-14(3)15-7-6-8-16(12-15)19(20,21)22/h6-8,12,14H,4-5,9-11,13H2,1-3H3,(H,24,27)(H2,23,25,26). The molecule has 0 spiro atoms. The molecule has 0 radical (unpaired) electrons. The fourth-order valence-electron chi connectivity index (χ4n) is 2.41. The summed E-state index contributed by atoms with van der Waals surface area (Å²) in [5.74, 6) is 0.322. The van der Waals surface area contributed by atoms with E-state index >= 15 is 0 Å². The number of carbonyl (C=O) groups is 1. The maximum Gasteiger partial charge on any atom is 0.416 e. The van der Waals surface area contributed by atoms with Crippen molar-refractivity contribution < 1.29 is 18.0 Å². The van der Waals surface area contributed by atoms with E-state index in [2.05, 4.69) is 20.9 Å². The second kappa shape index (κ2) is 11.5. The summed E-state index contributed by atoms with van der Waals surface area (Å²) < 4.78 is 38.5. The van der Waals surface area contributed by atoms with Gasteiger partial charge in [-0.1, -0.05) is 32.0 Å². The van der Waals surface area contributed by atoms with E-state index in [9.17, 15) is 18.0 Å². The summed E-state index contributed by atoms with van der Waals surface area (Å²) in [4.78, 5) is 15.8. The number of amides is 1. The molecule has 0 saturated heterocycles. The number of hydrogen-bond acceptors (Lipinski definition) is 2. The van der Waals surface area contributed by atoms with Crippen LogP contribution in [0.25, 0.3) is 0 Å². The van der Waals surface area contributed by atoms with Crippen molar-refractivity contribution in [3.63, 3.8) is 0 Å². The molecule has 0 aliphatic heterocycles. The maximum atomic E-state index is 12.8. The second-order valence-electron chi connectivity index (χ2n) is 6.28. The van der Waals surface area contributed by atoms with Crippen LogP contribution in [0, 0.1) is 0 Å². The van der Waals surface area contributed by atoms with E-state index in [-0.39, 0.29) is 18.4 Å². The van der Waals surface area contributed by atoms with Crippen molar-refractivity contribution in [2.45, 2.75) is 45.7 Å². The van der Waals surface area contributed by atoms with Gasteiger partial charge in [-0.25, -0.2) is 4.99 Å². The molecule has 1 rings (SSSR count). The lowest BCUT2D eigenvalue weighted by molar-refractivity contribution is -0.137. The van der Waals surface area contributed by atoms with Gasteiger partial charge >= 0.3 is 6.18 Å². The number of guanidine groups is 1. The van der Waals surface area contributed by atoms with E-state index in [0.717, 1.165) is 12.5 Å². The van der Waals surface area contributed by atoms with Crippen molar-refractivity contribution >= 4 is 11.9 Å². The molecule has 0 fully saturated rings. The van der Waals surface area contributed by atoms with Gasteiger partial charge in [0.25, 0.3) is 0 Å². The number of nitrogens with one attached hydrogen (secondary N) is 3. The molecule has 1 atom stereocenters. The fraction of sp³-hybridized carbons (Fsp3) is 0.579. The third-order valence-electron chi connectivity index (χ3n) is 3.95. The molecule has 0 heterocycles. The Balaban J connectivity index is 2.56. The number of rotatable bonds is 9. The van der Waals surface area contributed by atoms with Gasteiger partial charge in [0.15, 0.2) is 5.96 Å². The molecule has 0 aliphatic rings. The van der Waals surface area contributed by atoms with Crippen LogP contribution in [0.15, 0.2) is 29.3 Å². The van der Waals surface area contributed by atoms with Crippen molar-refractivity contribution in [3.05, 3.63) is 35.4 Å². The summed E-state index contributed by atoms with van der Waals surface area (Å²) in [5.41, 5.74) is 0.0142. The van der Waals surface area contributed by atoms with Crippen LogP contribution in [0.5, 0.6) is 0 Å². The Bertz CT molecular complexity index is 617. The highest BCUT2D eigenvalue weighted by atomic mass is 19.4. The fourth-order valence-corrected chi connectivity index (χ4v) is 2.41. The van der Waals surface area contributed by atoms with Crippen LogP contribution in [0.2, 0.25) is 0 Å². The number of carbonyl (C=O) groups excluding carboxylic acids is 1. The summed E-state index contributed by atoms with van der Waals surface area (Å²) in [5, 5.41) is 8.91. The number of hydrogen-bond donors (Lipinski definition) is 3. The van der Waals surface area contributed by atoms with Gasteiger partial charge in [0.2, 0.25) is 5.91 Å². The van der Waals surface area contributed by atoms with E-state index in [1.165, 1.54) is 12.1 Å². The van der Waals surface area contributed by atoms with Crippen molar-refractivity contribution in [3.8, 4) is 0 Å². The van der Waals surface area contributed by atoms with Gasteiger partial charge in [0, 0.05) is 19.6 Å². The summed E-state index contributed by atoms with van der Waals surface area (Å²) in [7, 11) is 0. The molecule has 0 aromatic heterocycles. The minimum absolute atomic E-state index is 0.0263. The summed E-state index contributed by atoms with van der Waals surface area (Å²) in [6.07, 6.45) is -2.84. The van der Waals surface area contributed by atoms with Crippen LogP contribution < -0.4 is 16.0 Å². The molecule has 8 heteroatoms. The lowest BCUT2D eigenvalue weighted by Crippen LogP contribution is -2.39. The lowest BCUT2D eigenvalue weighted by Gasteiger charge is -2.16. The highest BCUT2D eigenvalue weighted by molar-refractivity contribution is 5.84. The zero-order valence-electron chi connectivity index (χ0n) is 16.1. The number of nitrogens with zero attached hydrogens (tertiary/aromatic N) is 1.